The standard InChI is InChI=1S/C15H21NO2/c1-11(2)12(3)16-15(18)10-9-14(17)13-7-5-4-6-8-13/h4-8,11-12H,9-10H2,1-3H3,(H,16,18). The summed E-state index contributed by atoms with van der Waals surface area (Å²) < 4.78 is 0. The van der Waals surface area contributed by atoms with Crippen molar-refractivity contribution in [3.05, 3.63) is 35.9 Å². The van der Waals surface area contributed by atoms with E-state index in [0.29, 0.717) is 11.5 Å². The van der Waals surface area contributed by atoms with E-state index in [0.717, 1.165) is 0 Å². The quantitative estimate of drug-likeness (QED) is 0.786. The van der Waals surface area contributed by atoms with Gasteiger partial charge >= 0.3 is 0 Å². The normalized spacial score (nSPS) is 12.2. The van der Waals surface area contributed by atoms with Gasteiger partial charge in [0, 0.05) is 24.4 Å². The molecular weight excluding hydrogens is 226 g/mol. The van der Waals surface area contributed by atoms with Gasteiger partial charge in [0.15, 0.2) is 5.78 Å². The summed E-state index contributed by atoms with van der Waals surface area (Å²) in [6.45, 7) is 6.09. The summed E-state index contributed by atoms with van der Waals surface area (Å²) >= 11 is 0. The van der Waals surface area contributed by atoms with Gasteiger partial charge in [0.2, 0.25) is 5.91 Å². The number of amides is 1. The fourth-order valence-electron chi connectivity index (χ4n) is 1.49. The van der Waals surface area contributed by atoms with Crippen molar-refractivity contribution in [1.29, 1.82) is 0 Å². The molecule has 1 N–H and O–H groups in total. The Kier molecular flexibility index (Phi) is 5.56. The van der Waals surface area contributed by atoms with Gasteiger partial charge in [0.05, 0.1) is 0 Å². The average Bonchev–Trinajstić information content (AvgIpc) is 2.36. The van der Waals surface area contributed by atoms with E-state index in [-0.39, 0.29) is 30.6 Å². The maximum absolute atomic E-state index is 11.8. The SMILES string of the molecule is CC(C)C(C)NC(=O)CCC(=O)c1ccccc1. The molecule has 1 atom stereocenters. The fourth-order valence-corrected chi connectivity index (χ4v) is 1.49. The highest BCUT2D eigenvalue weighted by Crippen LogP contribution is 2.06. The van der Waals surface area contributed by atoms with Crippen LogP contribution in [-0.2, 0) is 4.79 Å². The maximum Gasteiger partial charge on any atom is 0.220 e. The molecular formula is C15H21NO2. The van der Waals surface area contributed by atoms with Crippen LogP contribution < -0.4 is 5.32 Å². The number of ketones is 1. The zero-order valence-electron chi connectivity index (χ0n) is 11.3. The summed E-state index contributed by atoms with van der Waals surface area (Å²) in [5, 5.41) is 2.89. The molecule has 0 bridgehead atoms. The van der Waals surface area contributed by atoms with E-state index in [1.54, 1.807) is 12.1 Å². The number of benzene rings is 1. The third kappa shape index (κ3) is 4.70. The Morgan fingerprint density at radius 3 is 2.22 bits per heavy atom. The summed E-state index contributed by atoms with van der Waals surface area (Å²) in [7, 11) is 0. The number of nitrogens with one attached hydrogen (secondary N) is 1. The van der Waals surface area contributed by atoms with Crippen LogP contribution in [0.25, 0.3) is 0 Å². The van der Waals surface area contributed by atoms with Crippen LogP contribution in [0, 0.1) is 5.92 Å². The van der Waals surface area contributed by atoms with Gasteiger partial charge in [-0.25, -0.2) is 0 Å². The third-order valence-electron chi connectivity index (χ3n) is 3.06. The summed E-state index contributed by atoms with van der Waals surface area (Å²) in [5.74, 6) is 0.363. The predicted octanol–water partition coefficient (Wildman–Crippen LogP) is 2.81. The molecule has 0 aliphatic carbocycles. The van der Waals surface area contributed by atoms with Crippen LogP contribution in [0.5, 0.6) is 0 Å². The van der Waals surface area contributed by atoms with Crippen LogP contribution in [0.15, 0.2) is 30.3 Å². The number of hydrogen-bond acceptors (Lipinski definition) is 2. The van der Waals surface area contributed by atoms with Crippen molar-refractivity contribution in [3.63, 3.8) is 0 Å². The van der Waals surface area contributed by atoms with Gasteiger partial charge < -0.3 is 5.32 Å². The first kappa shape index (κ1) is 14.4. The van der Waals surface area contributed by atoms with Gasteiger partial charge in [-0.3, -0.25) is 9.59 Å². The monoisotopic (exact) mass is 247 g/mol. The molecule has 3 heteroatoms. The molecule has 0 aliphatic rings. The second-order valence-corrected chi connectivity index (χ2v) is 4.89. The zero-order valence-corrected chi connectivity index (χ0v) is 11.3. The lowest BCUT2D eigenvalue weighted by molar-refractivity contribution is -0.121. The molecule has 1 aromatic carbocycles. The number of carbonyl (C=O) groups is 2. The maximum atomic E-state index is 11.8. The molecule has 0 heterocycles. The van der Waals surface area contributed by atoms with Gasteiger partial charge in [0.25, 0.3) is 0 Å². The van der Waals surface area contributed by atoms with Gasteiger partial charge in [-0.15, -0.1) is 0 Å². The van der Waals surface area contributed by atoms with Crippen LogP contribution in [0.3, 0.4) is 0 Å². The molecule has 98 valence electrons. The number of rotatable bonds is 6. The Hall–Kier alpha value is -1.64. The second-order valence-electron chi connectivity index (χ2n) is 4.89. The van der Waals surface area contributed by atoms with E-state index in [4.69, 9.17) is 0 Å². The molecule has 0 saturated carbocycles. The predicted molar refractivity (Wildman–Crippen MR) is 72.4 cm³/mol. The molecule has 18 heavy (non-hydrogen) atoms. The first-order valence-electron chi connectivity index (χ1n) is 6.38. The van der Waals surface area contributed by atoms with E-state index >= 15 is 0 Å². The molecule has 1 unspecified atom stereocenters. The summed E-state index contributed by atoms with van der Waals surface area (Å²) in [6.07, 6.45) is 0.519. The molecule has 0 spiro atoms. The van der Waals surface area contributed by atoms with E-state index in [1.165, 1.54) is 0 Å². The van der Waals surface area contributed by atoms with Crippen LogP contribution >= 0.6 is 0 Å². The van der Waals surface area contributed by atoms with Gasteiger partial charge in [-0.05, 0) is 12.8 Å². The minimum absolute atomic E-state index is 0.0166. The molecule has 1 amide bonds. The van der Waals surface area contributed by atoms with Gasteiger partial charge in [-0.2, -0.15) is 0 Å². The van der Waals surface area contributed by atoms with Crippen LogP contribution in [0.4, 0.5) is 0 Å². The average molecular weight is 247 g/mol. The van der Waals surface area contributed by atoms with E-state index in [9.17, 15) is 9.59 Å². The summed E-state index contributed by atoms with van der Waals surface area (Å²) in [5.41, 5.74) is 0.669. The number of carbonyl (C=O) groups excluding carboxylic acids is 2. The van der Waals surface area contributed by atoms with Crippen molar-refractivity contribution in [1.82, 2.24) is 5.32 Å². The largest absolute Gasteiger partial charge is 0.353 e. The van der Waals surface area contributed by atoms with Crippen molar-refractivity contribution in [3.8, 4) is 0 Å². The van der Waals surface area contributed by atoms with Gasteiger partial charge in [0.1, 0.15) is 0 Å². The van der Waals surface area contributed by atoms with Crippen molar-refractivity contribution in [2.24, 2.45) is 5.92 Å². The minimum Gasteiger partial charge on any atom is -0.353 e. The lowest BCUT2D eigenvalue weighted by Crippen LogP contribution is -2.36. The highest BCUT2D eigenvalue weighted by Gasteiger charge is 2.12. The van der Waals surface area contributed by atoms with Crippen LogP contribution in [0.1, 0.15) is 44.0 Å². The zero-order chi connectivity index (χ0) is 13.5. The van der Waals surface area contributed by atoms with Crippen molar-refractivity contribution in [2.45, 2.75) is 39.7 Å². The van der Waals surface area contributed by atoms with Crippen molar-refractivity contribution >= 4 is 11.7 Å². The van der Waals surface area contributed by atoms with Crippen LogP contribution in [-0.4, -0.2) is 17.7 Å². The molecule has 0 aromatic heterocycles. The minimum atomic E-state index is -0.0551. The van der Waals surface area contributed by atoms with Crippen molar-refractivity contribution < 1.29 is 9.59 Å². The smallest absolute Gasteiger partial charge is 0.220 e. The fraction of sp³-hybridized carbons (Fsp3) is 0.467. The lowest BCUT2D eigenvalue weighted by atomic mass is 10.0. The molecule has 0 saturated heterocycles. The molecule has 3 nitrogen and oxygen atoms in total. The first-order valence-corrected chi connectivity index (χ1v) is 6.38. The van der Waals surface area contributed by atoms with E-state index in [1.807, 2.05) is 25.1 Å². The molecule has 0 fully saturated rings. The van der Waals surface area contributed by atoms with Crippen LogP contribution in [0.2, 0.25) is 0 Å². The number of Topliss-reactive ketones (excluding diaryl/α,β-unsaturated/α-hetero) is 1. The Morgan fingerprint density at radius 2 is 1.67 bits per heavy atom. The van der Waals surface area contributed by atoms with E-state index < -0.39 is 0 Å². The lowest BCUT2D eigenvalue weighted by Gasteiger charge is -2.17. The highest BCUT2D eigenvalue weighted by molar-refractivity contribution is 5.97. The molecule has 0 radical (unpaired) electrons. The Bertz CT molecular complexity index is 398. The Balaban J connectivity index is 2.37. The Labute approximate surface area is 109 Å². The third-order valence-corrected chi connectivity index (χ3v) is 3.06. The molecule has 0 aliphatic heterocycles. The summed E-state index contributed by atoms with van der Waals surface area (Å²) in [4.78, 5) is 23.4. The highest BCUT2D eigenvalue weighted by atomic mass is 16.2. The molecule has 1 aromatic rings. The second kappa shape index (κ2) is 6.94. The topological polar surface area (TPSA) is 46.2 Å². The Morgan fingerprint density at radius 1 is 1.06 bits per heavy atom. The van der Waals surface area contributed by atoms with E-state index in [2.05, 4.69) is 19.2 Å². The first-order chi connectivity index (χ1) is 8.50. The van der Waals surface area contributed by atoms with Gasteiger partial charge in [-0.1, -0.05) is 44.2 Å². The van der Waals surface area contributed by atoms with Crippen molar-refractivity contribution in [2.75, 3.05) is 0 Å². The molecule has 1 rings (SSSR count). The number of hydrogen-bond donors (Lipinski definition) is 1. The summed E-state index contributed by atoms with van der Waals surface area (Å²) in [6, 6.07) is 9.22.